The standard InChI is InChI=1S/C15H21N3O/c1-2-16-15-6-4-3-5-12-9-18(11-14(12)15)10-13-7-8-17-19-13/h7-9,11,15-16H,2-6,10H2,1H3. The van der Waals surface area contributed by atoms with E-state index in [1.54, 1.807) is 6.20 Å². The molecule has 1 aliphatic carbocycles. The van der Waals surface area contributed by atoms with E-state index < -0.39 is 0 Å². The molecule has 1 unspecified atom stereocenters. The van der Waals surface area contributed by atoms with Gasteiger partial charge in [0, 0.05) is 24.5 Å². The van der Waals surface area contributed by atoms with E-state index in [9.17, 15) is 0 Å². The third kappa shape index (κ3) is 2.73. The molecule has 0 spiro atoms. The molecule has 1 atom stereocenters. The Bertz CT molecular complexity index is 515. The molecule has 2 heterocycles. The summed E-state index contributed by atoms with van der Waals surface area (Å²) < 4.78 is 7.41. The van der Waals surface area contributed by atoms with Crippen LogP contribution in [0.15, 0.2) is 29.2 Å². The van der Waals surface area contributed by atoms with Gasteiger partial charge in [0.1, 0.15) is 0 Å². The minimum atomic E-state index is 0.512. The molecule has 1 aliphatic rings. The summed E-state index contributed by atoms with van der Waals surface area (Å²) >= 11 is 0. The molecular weight excluding hydrogens is 238 g/mol. The van der Waals surface area contributed by atoms with Gasteiger partial charge in [-0.2, -0.15) is 0 Å². The molecule has 2 aromatic heterocycles. The van der Waals surface area contributed by atoms with Gasteiger partial charge >= 0.3 is 0 Å². The molecule has 4 nitrogen and oxygen atoms in total. The second-order valence-corrected chi connectivity index (χ2v) is 5.25. The summed E-state index contributed by atoms with van der Waals surface area (Å²) in [6, 6.07) is 2.44. The SMILES string of the molecule is CCNC1CCCCc2cn(Cc3ccno3)cc21. The zero-order valence-corrected chi connectivity index (χ0v) is 11.4. The van der Waals surface area contributed by atoms with Crippen LogP contribution in [-0.4, -0.2) is 16.3 Å². The van der Waals surface area contributed by atoms with Crippen LogP contribution in [0.5, 0.6) is 0 Å². The van der Waals surface area contributed by atoms with E-state index in [4.69, 9.17) is 4.52 Å². The third-order valence-electron chi connectivity index (χ3n) is 3.84. The summed E-state index contributed by atoms with van der Waals surface area (Å²) in [6.07, 6.45) is 11.3. The molecular formula is C15H21N3O. The molecule has 19 heavy (non-hydrogen) atoms. The molecule has 0 aromatic carbocycles. The largest absolute Gasteiger partial charge is 0.359 e. The normalized spacial score (nSPS) is 19.1. The number of fused-ring (bicyclic) bond motifs is 1. The molecule has 3 rings (SSSR count). The summed E-state index contributed by atoms with van der Waals surface area (Å²) in [4.78, 5) is 0. The van der Waals surface area contributed by atoms with Crippen molar-refractivity contribution in [1.29, 1.82) is 0 Å². The Morgan fingerprint density at radius 2 is 2.37 bits per heavy atom. The first-order valence-electron chi connectivity index (χ1n) is 7.18. The van der Waals surface area contributed by atoms with E-state index in [-0.39, 0.29) is 0 Å². The first-order valence-corrected chi connectivity index (χ1v) is 7.18. The summed E-state index contributed by atoms with van der Waals surface area (Å²) in [5.41, 5.74) is 2.96. The number of aromatic nitrogens is 2. The Balaban J connectivity index is 1.83. The van der Waals surface area contributed by atoms with E-state index in [0.717, 1.165) is 18.8 Å². The molecule has 0 fully saturated rings. The smallest absolute Gasteiger partial charge is 0.156 e. The lowest BCUT2D eigenvalue weighted by atomic mass is 10.0. The number of aryl methyl sites for hydroxylation is 1. The van der Waals surface area contributed by atoms with Crippen LogP contribution in [0.25, 0.3) is 0 Å². The fourth-order valence-corrected chi connectivity index (χ4v) is 2.97. The van der Waals surface area contributed by atoms with Gasteiger partial charge in [0.15, 0.2) is 5.76 Å². The molecule has 0 aliphatic heterocycles. The molecule has 0 radical (unpaired) electrons. The lowest BCUT2D eigenvalue weighted by Gasteiger charge is -2.15. The van der Waals surface area contributed by atoms with Crippen LogP contribution in [0.4, 0.5) is 0 Å². The van der Waals surface area contributed by atoms with Gasteiger partial charge in [-0.3, -0.25) is 0 Å². The minimum absolute atomic E-state index is 0.512. The van der Waals surface area contributed by atoms with Crippen molar-refractivity contribution in [1.82, 2.24) is 15.0 Å². The zero-order chi connectivity index (χ0) is 13.1. The van der Waals surface area contributed by atoms with Crippen LogP contribution < -0.4 is 5.32 Å². The molecule has 4 heteroatoms. The number of hydrogen-bond donors (Lipinski definition) is 1. The predicted octanol–water partition coefficient (Wildman–Crippen LogP) is 2.90. The number of rotatable bonds is 4. The van der Waals surface area contributed by atoms with Crippen molar-refractivity contribution in [2.75, 3.05) is 6.54 Å². The van der Waals surface area contributed by atoms with Crippen LogP contribution in [0.1, 0.15) is 49.1 Å². The van der Waals surface area contributed by atoms with Gasteiger partial charge in [-0.05, 0) is 36.9 Å². The fourth-order valence-electron chi connectivity index (χ4n) is 2.97. The van der Waals surface area contributed by atoms with Crippen molar-refractivity contribution in [3.8, 4) is 0 Å². The van der Waals surface area contributed by atoms with Crippen molar-refractivity contribution in [3.63, 3.8) is 0 Å². The van der Waals surface area contributed by atoms with Crippen molar-refractivity contribution in [2.45, 2.75) is 45.2 Å². The maximum absolute atomic E-state index is 5.18. The van der Waals surface area contributed by atoms with Crippen molar-refractivity contribution in [2.24, 2.45) is 0 Å². The van der Waals surface area contributed by atoms with Crippen molar-refractivity contribution in [3.05, 3.63) is 41.5 Å². The molecule has 0 amide bonds. The quantitative estimate of drug-likeness (QED) is 0.859. The molecule has 0 bridgehead atoms. The summed E-state index contributed by atoms with van der Waals surface area (Å²) in [5.74, 6) is 0.908. The lowest BCUT2D eigenvalue weighted by molar-refractivity contribution is 0.376. The first-order chi connectivity index (χ1) is 9.36. The number of nitrogens with zero attached hydrogens (tertiary/aromatic N) is 2. The third-order valence-corrected chi connectivity index (χ3v) is 3.84. The van der Waals surface area contributed by atoms with Crippen LogP contribution >= 0.6 is 0 Å². The fraction of sp³-hybridized carbons (Fsp3) is 0.533. The highest BCUT2D eigenvalue weighted by molar-refractivity contribution is 5.29. The van der Waals surface area contributed by atoms with Gasteiger partial charge in [-0.25, -0.2) is 0 Å². The topological polar surface area (TPSA) is 43.0 Å². The second-order valence-electron chi connectivity index (χ2n) is 5.25. The average molecular weight is 259 g/mol. The zero-order valence-electron chi connectivity index (χ0n) is 11.4. The molecule has 102 valence electrons. The summed E-state index contributed by atoms with van der Waals surface area (Å²) in [5, 5.41) is 7.36. The van der Waals surface area contributed by atoms with Crippen LogP contribution in [-0.2, 0) is 13.0 Å². The van der Waals surface area contributed by atoms with E-state index in [2.05, 4.69) is 34.4 Å². The second kappa shape index (κ2) is 5.61. The molecule has 2 aromatic rings. The first kappa shape index (κ1) is 12.5. The van der Waals surface area contributed by atoms with E-state index >= 15 is 0 Å². The number of nitrogens with one attached hydrogen (secondary N) is 1. The molecule has 0 saturated heterocycles. The van der Waals surface area contributed by atoms with Gasteiger partial charge in [0.25, 0.3) is 0 Å². The lowest BCUT2D eigenvalue weighted by Crippen LogP contribution is -2.20. The van der Waals surface area contributed by atoms with E-state index in [0.29, 0.717) is 6.04 Å². The van der Waals surface area contributed by atoms with Gasteiger partial charge in [-0.15, -0.1) is 0 Å². The Morgan fingerprint density at radius 3 is 3.16 bits per heavy atom. The Kier molecular flexibility index (Phi) is 3.69. The van der Waals surface area contributed by atoms with Gasteiger partial charge < -0.3 is 14.4 Å². The van der Waals surface area contributed by atoms with E-state index in [1.165, 1.54) is 36.8 Å². The average Bonchev–Trinajstić information content (AvgIpc) is 3.00. The number of hydrogen-bond acceptors (Lipinski definition) is 3. The Labute approximate surface area is 113 Å². The minimum Gasteiger partial charge on any atom is -0.359 e. The summed E-state index contributed by atoms with van der Waals surface area (Å²) in [7, 11) is 0. The van der Waals surface area contributed by atoms with Crippen molar-refractivity contribution >= 4 is 0 Å². The molecule has 1 N–H and O–H groups in total. The Hall–Kier alpha value is -1.55. The van der Waals surface area contributed by atoms with Crippen LogP contribution in [0, 0.1) is 0 Å². The predicted molar refractivity (Wildman–Crippen MR) is 74.0 cm³/mol. The monoisotopic (exact) mass is 259 g/mol. The summed E-state index contributed by atoms with van der Waals surface area (Å²) in [6.45, 7) is 3.97. The Morgan fingerprint density at radius 1 is 1.42 bits per heavy atom. The maximum atomic E-state index is 5.18. The maximum Gasteiger partial charge on any atom is 0.156 e. The van der Waals surface area contributed by atoms with Crippen LogP contribution in [0.3, 0.4) is 0 Å². The van der Waals surface area contributed by atoms with Gasteiger partial charge in [-0.1, -0.05) is 18.5 Å². The molecule has 0 saturated carbocycles. The highest BCUT2D eigenvalue weighted by Gasteiger charge is 2.19. The highest BCUT2D eigenvalue weighted by atomic mass is 16.5. The van der Waals surface area contributed by atoms with Crippen LogP contribution in [0.2, 0.25) is 0 Å². The van der Waals surface area contributed by atoms with Crippen molar-refractivity contribution < 1.29 is 4.52 Å². The van der Waals surface area contributed by atoms with E-state index in [1.807, 2.05) is 6.07 Å². The van der Waals surface area contributed by atoms with Gasteiger partial charge in [0.2, 0.25) is 0 Å². The van der Waals surface area contributed by atoms with Gasteiger partial charge in [0.05, 0.1) is 12.7 Å². The highest BCUT2D eigenvalue weighted by Crippen LogP contribution is 2.29.